The van der Waals surface area contributed by atoms with Gasteiger partial charge in [0.25, 0.3) is 0 Å². The standard InChI is InChI=1S/C10H13ClN2/c1-8-4-5-9(11)6-10(8)12-7-13(2)3/h4-7H,1-3H3. The Labute approximate surface area is 83.8 Å². The van der Waals surface area contributed by atoms with Gasteiger partial charge in [0.05, 0.1) is 12.0 Å². The highest BCUT2D eigenvalue weighted by Gasteiger charge is 1.95. The third-order valence-corrected chi connectivity index (χ3v) is 1.83. The largest absolute Gasteiger partial charge is 0.369 e. The van der Waals surface area contributed by atoms with E-state index in [9.17, 15) is 0 Å². The first-order valence-corrected chi connectivity index (χ1v) is 4.44. The molecule has 0 aliphatic heterocycles. The maximum absolute atomic E-state index is 5.84. The van der Waals surface area contributed by atoms with Crippen LogP contribution >= 0.6 is 11.6 Å². The number of nitrogens with zero attached hydrogens (tertiary/aromatic N) is 2. The second-order valence-corrected chi connectivity index (χ2v) is 3.58. The highest BCUT2D eigenvalue weighted by molar-refractivity contribution is 6.30. The summed E-state index contributed by atoms with van der Waals surface area (Å²) in [7, 11) is 3.87. The van der Waals surface area contributed by atoms with E-state index in [1.54, 1.807) is 6.34 Å². The van der Waals surface area contributed by atoms with Crippen LogP contribution in [0.3, 0.4) is 0 Å². The van der Waals surface area contributed by atoms with Crippen molar-refractivity contribution in [2.24, 2.45) is 4.99 Å². The van der Waals surface area contributed by atoms with Crippen LogP contribution in [0.5, 0.6) is 0 Å². The molecule has 1 aromatic carbocycles. The molecular formula is C10H13ClN2. The number of hydrogen-bond acceptors (Lipinski definition) is 1. The molecule has 3 heteroatoms. The van der Waals surface area contributed by atoms with Crippen LogP contribution < -0.4 is 0 Å². The molecule has 0 aliphatic rings. The van der Waals surface area contributed by atoms with Gasteiger partial charge in [-0.3, -0.25) is 0 Å². The monoisotopic (exact) mass is 196 g/mol. The first-order valence-electron chi connectivity index (χ1n) is 4.06. The molecule has 0 N–H and O–H groups in total. The van der Waals surface area contributed by atoms with Crippen molar-refractivity contribution in [3.63, 3.8) is 0 Å². The van der Waals surface area contributed by atoms with Crippen LogP contribution in [-0.4, -0.2) is 25.3 Å². The fourth-order valence-corrected chi connectivity index (χ4v) is 1.07. The zero-order chi connectivity index (χ0) is 9.84. The number of hydrogen-bond donors (Lipinski definition) is 0. The lowest BCUT2D eigenvalue weighted by Crippen LogP contribution is -2.07. The molecule has 13 heavy (non-hydrogen) atoms. The normalized spacial score (nSPS) is 10.8. The van der Waals surface area contributed by atoms with Gasteiger partial charge in [-0.2, -0.15) is 0 Å². The number of rotatable bonds is 2. The van der Waals surface area contributed by atoms with Crippen molar-refractivity contribution >= 4 is 23.6 Å². The summed E-state index contributed by atoms with van der Waals surface area (Å²) in [6, 6.07) is 5.69. The van der Waals surface area contributed by atoms with Crippen LogP contribution in [0.1, 0.15) is 5.56 Å². The third kappa shape index (κ3) is 3.07. The Balaban J connectivity index is 2.93. The molecule has 0 unspecified atom stereocenters. The average molecular weight is 197 g/mol. The van der Waals surface area contributed by atoms with Gasteiger partial charge in [0, 0.05) is 19.1 Å². The first-order chi connectivity index (χ1) is 6.09. The summed E-state index contributed by atoms with van der Waals surface area (Å²) in [6.45, 7) is 2.01. The Morgan fingerprint density at radius 1 is 1.38 bits per heavy atom. The van der Waals surface area contributed by atoms with Crippen molar-refractivity contribution < 1.29 is 0 Å². The predicted molar refractivity (Wildman–Crippen MR) is 58.0 cm³/mol. The highest BCUT2D eigenvalue weighted by Crippen LogP contribution is 2.22. The second kappa shape index (κ2) is 4.28. The van der Waals surface area contributed by atoms with Crippen LogP contribution in [0, 0.1) is 6.92 Å². The van der Waals surface area contributed by atoms with E-state index < -0.39 is 0 Å². The van der Waals surface area contributed by atoms with Crippen LogP contribution in [0.2, 0.25) is 5.02 Å². The summed E-state index contributed by atoms with van der Waals surface area (Å²) in [5.41, 5.74) is 2.05. The lowest BCUT2D eigenvalue weighted by atomic mass is 10.2. The predicted octanol–water partition coefficient (Wildman–Crippen LogP) is 2.87. The van der Waals surface area contributed by atoms with E-state index in [-0.39, 0.29) is 0 Å². The molecule has 0 aromatic heterocycles. The molecule has 0 radical (unpaired) electrons. The van der Waals surface area contributed by atoms with Gasteiger partial charge < -0.3 is 4.90 Å². The molecule has 0 saturated heterocycles. The molecule has 0 saturated carbocycles. The fourth-order valence-electron chi connectivity index (χ4n) is 0.899. The summed E-state index contributed by atoms with van der Waals surface area (Å²) in [5, 5.41) is 0.719. The van der Waals surface area contributed by atoms with Crippen molar-refractivity contribution in [3.8, 4) is 0 Å². The first kappa shape index (κ1) is 10.1. The number of halogens is 1. The van der Waals surface area contributed by atoms with Gasteiger partial charge >= 0.3 is 0 Å². The Bertz CT molecular complexity index is 319. The molecule has 1 aromatic rings. The van der Waals surface area contributed by atoms with Gasteiger partial charge in [-0.05, 0) is 24.6 Å². The molecule has 0 bridgehead atoms. The minimum atomic E-state index is 0.719. The van der Waals surface area contributed by atoms with Gasteiger partial charge in [0.1, 0.15) is 0 Å². The molecule has 0 heterocycles. The zero-order valence-electron chi connectivity index (χ0n) is 8.08. The van der Waals surface area contributed by atoms with Gasteiger partial charge in [-0.25, -0.2) is 4.99 Å². The Hall–Kier alpha value is -1.02. The summed E-state index contributed by atoms with van der Waals surface area (Å²) in [4.78, 5) is 6.17. The quantitative estimate of drug-likeness (QED) is 0.525. The SMILES string of the molecule is Cc1ccc(Cl)cc1N=CN(C)C. The van der Waals surface area contributed by atoms with Crippen LogP contribution in [0.25, 0.3) is 0 Å². The van der Waals surface area contributed by atoms with E-state index in [0.717, 1.165) is 16.3 Å². The van der Waals surface area contributed by atoms with Crippen molar-refractivity contribution in [3.05, 3.63) is 28.8 Å². The molecule has 1 rings (SSSR count). The second-order valence-electron chi connectivity index (χ2n) is 3.14. The highest BCUT2D eigenvalue weighted by atomic mass is 35.5. The molecular weight excluding hydrogens is 184 g/mol. The van der Waals surface area contributed by atoms with Crippen molar-refractivity contribution in [1.29, 1.82) is 0 Å². The fraction of sp³-hybridized carbons (Fsp3) is 0.300. The van der Waals surface area contributed by atoms with Crippen LogP contribution in [0.4, 0.5) is 5.69 Å². The van der Waals surface area contributed by atoms with Crippen molar-refractivity contribution in [2.75, 3.05) is 14.1 Å². The summed E-state index contributed by atoms with van der Waals surface area (Å²) in [6.07, 6.45) is 1.76. The molecule has 2 nitrogen and oxygen atoms in total. The maximum Gasteiger partial charge on any atom is 0.0907 e. The van der Waals surface area contributed by atoms with Gasteiger partial charge in [0.2, 0.25) is 0 Å². The molecule has 0 aliphatic carbocycles. The van der Waals surface area contributed by atoms with E-state index in [0.29, 0.717) is 0 Å². The lowest BCUT2D eigenvalue weighted by molar-refractivity contribution is 0.643. The summed E-state index contributed by atoms with van der Waals surface area (Å²) in [5.74, 6) is 0. The van der Waals surface area contributed by atoms with Gasteiger partial charge in [-0.15, -0.1) is 0 Å². The molecule has 0 atom stereocenters. The molecule has 70 valence electrons. The van der Waals surface area contributed by atoms with E-state index in [1.807, 2.05) is 44.1 Å². The molecule has 0 fully saturated rings. The minimum Gasteiger partial charge on any atom is -0.369 e. The number of aliphatic imine (C=N–C) groups is 1. The van der Waals surface area contributed by atoms with Gasteiger partial charge in [-0.1, -0.05) is 17.7 Å². The summed E-state index contributed by atoms with van der Waals surface area (Å²) < 4.78 is 0. The smallest absolute Gasteiger partial charge is 0.0907 e. The summed E-state index contributed by atoms with van der Waals surface area (Å²) >= 11 is 5.84. The topological polar surface area (TPSA) is 15.6 Å². The number of benzene rings is 1. The van der Waals surface area contributed by atoms with Crippen molar-refractivity contribution in [2.45, 2.75) is 6.92 Å². The number of aryl methyl sites for hydroxylation is 1. The van der Waals surface area contributed by atoms with E-state index in [2.05, 4.69) is 4.99 Å². The molecule has 0 spiro atoms. The maximum atomic E-state index is 5.84. The van der Waals surface area contributed by atoms with E-state index in [4.69, 9.17) is 11.6 Å². The van der Waals surface area contributed by atoms with Crippen LogP contribution in [0.15, 0.2) is 23.2 Å². The Kier molecular flexibility index (Phi) is 3.32. The Morgan fingerprint density at radius 3 is 2.69 bits per heavy atom. The minimum absolute atomic E-state index is 0.719. The zero-order valence-corrected chi connectivity index (χ0v) is 8.84. The van der Waals surface area contributed by atoms with Gasteiger partial charge in [0.15, 0.2) is 0 Å². The van der Waals surface area contributed by atoms with Crippen molar-refractivity contribution in [1.82, 2.24) is 4.90 Å². The molecule has 0 amide bonds. The average Bonchev–Trinajstić information content (AvgIpc) is 2.06. The lowest BCUT2D eigenvalue weighted by Gasteiger charge is -2.04. The van der Waals surface area contributed by atoms with E-state index >= 15 is 0 Å². The van der Waals surface area contributed by atoms with Crippen LogP contribution in [-0.2, 0) is 0 Å². The Morgan fingerprint density at radius 2 is 2.08 bits per heavy atom. The third-order valence-electron chi connectivity index (χ3n) is 1.60. The van der Waals surface area contributed by atoms with E-state index in [1.165, 1.54) is 0 Å².